The van der Waals surface area contributed by atoms with E-state index in [1.54, 1.807) is 13.0 Å². The van der Waals surface area contributed by atoms with Crippen LogP contribution in [0.25, 0.3) is 0 Å². The zero-order chi connectivity index (χ0) is 11.2. The summed E-state index contributed by atoms with van der Waals surface area (Å²) in [6.45, 7) is 2.83. The van der Waals surface area contributed by atoms with Crippen molar-refractivity contribution >= 4 is 0 Å². The molecule has 0 saturated heterocycles. The summed E-state index contributed by atoms with van der Waals surface area (Å²) in [6, 6.07) is 0. The van der Waals surface area contributed by atoms with Crippen LogP contribution in [-0.4, -0.2) is 45.3 Å². The Bertz CT molecular complexity index is 187. The molecule has 0 fully saturated rings. The highest BCUT2D eigenvalue weighted by molar-refractivity contribution is 4.98. The van der Waals surface area contributed by atoms with Crippen LogP contribution in [0.15, 0.2) is 11.6 Å². The van der Waals surface area contributed by atoms with E-state index in [4.69, 9.17) is 10.2 Å². The van der Waals surface area contributed by atoms with Gasteiger partial charge in [-0.3, -0.25) is 0 Å². The molecule has 14 heavy (non-hydrogen) atoms. The maximum atomic E-state index is 9.67. The minimum absolute atomic E-state index is 0.00466. The average Bonchev–Trinajstić information content (AvgIpc) is 2.15. The van der Waals surface area contributed by atoms with E-state index in [0.29, 0.717) is 12.8 Å². The van der Waals surface area contributed by atoms with Crippen molar-refractivity contribution in [2.24, 2.45) is 0 Å². The van der Waals surface area contributed by atoms with Gasteiger partial charge in [-0.1, -0.05) is 11.6 Å². The normalized spacial score (nSPS) is 19.1. The van der Waals surface area contributed by atoms with Gasteiger partial charge in [-0.25, -0.2) is 0 Å². The largest absolute Gasteiger partial charge is 0.394 e. The highest BCUT2D eigenvalue weighted by Gasteiger charge is 2.28. The molecule has 0 aromatic heterocycles. The second kappa shape index (κ2) is 6.14. The predicted molar refractivity (Wildman–Crippen MR) is 53.8 cm³/mol. The Labute approximate surface area is 84.5 Å². The van der Waals surface area contributed by atoms with Crippen LogP contribution in [0.5, 0.6) is 0 Å². The summed E-state index contributed by atoms with van der Waals surface area (Å²) in [5.74, 6) is 0. The molecule has 0 amide bonds. The fourth-order valence-electron chi connectivity index (χ4n) is 1.04. The molecule has 0 radical (unpaired) electrons. The zero-order valence-corrected chi connectivity index (χ0v) is 8.77. The van der Waals surface area contributed by atoms with Gasteiger partial charge in [0, 0.05) is 0 Å². The average molecular weight is 204 g/mol. The van der Waals surface area contributed by atoms with Crippen molar-refractivity contribution in [3.05, 3.63) is 11.6 Å². The molecular formula is C10H20O4. The van der Waals surface area contributed by atoms with Crippen LogP contribution >= 0.6 is 0 Å². The fraction of sp³-hybridized carbons (Fsp3) is 0.800. The quantitative estimate of drug-likeness (QED) is 0.452. The molecule has 0 bridgehead atoms. The van der Waals surface area contributed by atoms with Gasteiger partial charge in [-0.15, -0.1) is 0 Å². The number of hydrogen-bond acceptors (Lipinski definition) is 4. The third-order valence-electron chi connectivity index (χ3n) is 2.28. The smallest absolute Gasteiger partial charge is 0.105 e. The van der Waals surface area contributed by atoms with Crippen LogP contribution in [-0.2, 0) is 0 Å². The Hall–Kier alpha value is -0.420. The summed E-state index contributed by atoms with van der Waals surface area (Å²) < 4.78 is 0. The van der Waals surface area contributed by atoms with E-state index in [2.05, 4.69) is 0 Å². The van der Waals surface area contributed by atoms with Crippen LogP contribution in [0.3, 0.4) is 0 Å². The molecule has 2 unspecified atom stereocenters. The van der Waals surface area contributed by atoms with Gasteiger partial charge in [-0.2, -0.15) is 0 Å². The molecule has 2 atom stereocenters. The highest BCUT2D eigenvalue weighted by atomic mass is 16.4. The van der Waals surface area contributed by atoms with Gasteiger partial charge in [0.15, 0.2) is 0 Å². The molecule has 0 rings (SSSR count). The van der Waals surface area contributed by atoms with Gasteiger partial charge < -0.3 is 20.4 Å². The first-order chi connectivity index (χ1) is 6.44. The van der Waals surface area contributed by atoms with Crippen molar-refractivity contribution in [2.45, 2.75) is 38.4 Å². The predicted octanol–water partition coefficient (Wildman–Crippen LogP) is -0.191. The van der Waals surface area contributed by atoms with Crippen LogP contribution in [0.4, 0.5) is 0 Å². The molecule has 0 spiro atoms. The molecule has 0 heterocycles. The molecule has 0 aromatic rings. The third-order valence-corrected chi connectivity index (χ3v) is 2.28. The monoisotopic (exact) mass is 204 g/mol. The van der Waals surface area contributed by atoms with E-state index < -0.39 is 18.3 Å². The van der Waals surface area contributed by atoms with Crippen molar-refractivity contribution in [1.29, 1.82) is 0 Å². The van der Waals surface area contributed by atoms with Gasteiger partial charge >= 0.3 is 0 Å². The summed E-state index contributed by atoms with van der Waals surface area (Å²) in [5.41, 5.74) is -0.444. The SMILES string of the molecule is C/C(=C\CCC(C)(O)C(O)CO)CO. The Balaban J connectivity index is 3.99. The Morgan fingerprint density at radius 1 is 1.43 bits per heavy atom. The lowest BCUT2D eigenvalue weighted by molar-refractivity contribution is -0.0866. The topological polar surface area (TPSA) is 80.9 Å². The first-order valence-electron chi connectivity index (χ1n) is 4.72. The summed E-state index contributed by atoms with van der Waals surface area (Å²) in [6.07, 6.45) is 1.60. The molecule has 0 aromatic carbocycles. The van der Waals surface area contributed by atoms with Gasteiger partial charge in [0.2, 0.25) is 0 Å². The summed E-state index contributed by atoms with van der Waals surface area (Å²) in [5, 5.41) is 36.3. The molecule has 84 valence electrons. The van der Waals surface area contributed by atoms with Crippen molar-refractivity contribution in [2.75, 3.05) is 13.2 Å². The van der Waals surface area contributed by atoms with Crippen molar-refractivity contribution in [1.82, 2.24) is 0 Å². The summed E-state index contributed by atoms with van der Waals surface area (Å²) in [7, 11) is 0. The first-order valence-corrected chi connectivity index (χ1v) is 4.72. The lowest BCUT2D eigenvalue weighted by atomic mass is 9.93. The summed E-state index contributed by atoms with van der Waals surface area (Å²) in [4.78, 5) is 0. The van der Waals surface area contributed by atoms with Gasteiger partial charge in [0.25, 0.3) is 0 Å². The number of rotatable bonds is 6. The molecule has 0 saturated carbocycles. The lowest BCUT2D eigenvalue weighted by Crippen LogP contribution is -2.41. The number of hydrogen-bond donors (Lipinski definition) is 4. The molecule has 4 heteroatoms. The van der Waals surface area contributed by atoms with Crippen molar-refractivity contribution < 1.29 is 20.4 Å². The second-order valence-corrected chi connectivity index (χ2v) is 3.80. The maximum Gasteiger partial charge on any atom is 0.105 e. The van der Waals surface area contributed by atoms with E-state index in [1.165, 1.54) is 6.92 Å². The van der Waals surface area contributed by atoms with E-state index in [-0.39, 0.29) is 6.61 Å². The summed E-state index contributed by atoms with van der Waals surface area (Å²) >= 11 is 0. The van der Waals surface area contributed by atoms with E-state index in [9.17, 15) is 10.2 Å². The van der Waals surface area contributed by atoms with Crippen LogP contribution in [0.2, 0.25) is 0 Å². The van der Waals surface area contributed by atoms with Gasteiger partial charge in [0.05, 0.1) is 18.8 Å². The van der Waals surface area contributed by atoms with Crippen LogP contribution in [0.1, 0.15) is 26.7 Å². The second-order valence-electron chi connectivity index (χ2n) is 3.80. The van der Waals surface area contributed by atoms with Crippen LogP contribution in [0, 0.1) is 0 Å². The van der Waals surface area contributed by atoms with Gasteiger partial charge in [-0.05, 0) is 26.7 Å². The molecule has 0 aliphatic carbocycles. The molecule has 4 N–H and O–H groups in total. The standard InChI is InChI=1S/C10H20O4/c1-8(6-11)4-3-5-10(2,14)9(13)7-12/h4,9,11-14H,3,5-7H2,1-2H3/b8-4+. The third kappa shape index (κ3) is 4.72. The lowest BCUT2D eigenvalue weighted by Gasteiger charge is -2.27. The molecular weight excluding hydrogens is 184 g/mol. The minimum Gasteiger partial charge on any atom is -0.394 e. The Kier molecular flexibility index (Phi) is 5.95. The Morgan fingerprint density at radius 2 is 2.00 bits per heavy atom. The fourth-order valence-corrected chi connectivity index (χ4v) is 1.04. The van der Waals surface area contributed by atoms with E-state index in [0.717, 1.165) is 5.57 Å². The number of allylic oxidation sites excluding steroid dienone is 1. The van der Waals surface area contributed by atoms with E-state index in [1.807, 2.05) is 0 Å². The Morgan fingerprint density at radius 3 is 2.43 bits per heavy atom. The number of aliphatic hydroxyl groups is 4. The highest BCUT2D eigenvalue weighted by Crippen LogP contribution is 2.17. The first kappa shape index (κ1) is 13.6. The molecule has 0 aliphatic heterocycles. The number of aliphatic hydroxyl groups excluding tert-OH is 3. The van der Waals surface area contributed by atoms with E-state index >= 15 is 0 Å². The zero-order valence-electron chi connectivity index (χ0n) is 8.77. The van der Waals surface area contributed by atoms with Crippen molar-refractivity contribution in [3.8, 4) is 0 Å². The van der Waals surface area contributed by atoms with Gasteiger partial charge in [0.1, 0.15) is 6.10 Å². The molecule has 4 nitrogen and oxygen atoms in total. The van der Waals surface area contributed by atoms with Crippen LogP contribution < -0.4 is 0 Å². The maximum absolute atomic E-state index is 9.67. The molecule has 0 aliphatic rings. The van der Waals surface area contributed by atoms with Crippen molar-refractivity contribution in [3.63, 3.8) is 0 Å². The minimum atomic E-state index is -1.28.